The van der Waals surface area contributed by atoms with E-state index in [2.05, 4.69) is 23.2 Å². The van der Waals surface area contributed by atoms with Crippen LogP contribution in [-0.4, -0.2) is 25.2 Å². The lowest BCUT2D eigenvalue weighted by atomic mass is 9.95. The molecule has 1 amide bonds. The molecule has 4 heteroatoms. The Labute approximate surface area is 157 Å². The van der Waals surface area contributed by atoms with Gasteiger partial charge in [0.1, 0.15) is 6.54 Å². The number of benzene rings is 3. The predicted molar refractivity (Wildman–Crippen MR) is 107 cm³/mol. The largest absolute Gasteiger partial charge is 0.313 e. The number of fused-ring (bicyclic) bond motifs is 1. The maximum atomic E-state index is 12.4. The maximum Gasteiger partial charge on any atom is 0.248 e. The lowest BCUT2D eigenvalue weighted by Gasteiger charge is -2.19. The van der Waals surface area contributed by atoms with Crippen molar-refractivity contribution in [2.45, 2.75) is 0 Å². The molecule has 1 aliphatic heterocycles. The van der Waals surface area contributed by atoms with Crippen molar-refractivity contribution in [3.63, 3.8) is 0 Å². The van der Waals surface area contributed by atoms with E-state index in [4.69, 9.17) is 11.6 Å². The molecule has 0 spiro atoms. The van der Waals surface area contributed by atoms with Crippen molar-refractivity contribution in [2.75, 3.05) is 18.5 Å². The predicted octanol–water partition coefficient (Wildman–Crippen LogP) is 4.82. The third kappa shape index (κ3) is 3.02. The van der Waals surface area contributed by atoms with Crippen LogP contribution in [0.15, 0.2) is 77.8 Å². The molecule has 3 aromatic rings. The number of hydrogen-bond acceptors (Lipinski definition) is 2. The fourth-order valence-corrected chi connectivity index (χ4v) is 3.28. The molecular formula is C22H17ClN2O. The van der Waals surface area contributed by atoms with E-state index in [-0.39, 0.29) is 12.5 Å². The van der Waals surface area contributed by atoms with Gasteiger partial charge in [-0.15, -0.1) is 0 Å². The first-order valence-corrected chi connectivity index (χ1v) is 8.78. The fourth-order valence-electron chi connectivity index (χ4n) is 3.16. The van der Waals surface area contributed by atoms with E-state index in [1.54, 1.807) is 11.9 Å². The average Bonchev–Trinajstić information content (AvgIpc) is 2.80. The number of likely N-dealkylation sites (N-methyl/N-ethyl adjacent to an activating group) is 1. The summed E-state index contributed by atoms with van der Waals surface area (Å²) in [5.41, 5.74) is 5.79. The van der Waals surface area contributed by atoms with Crippen molar-refractivity contribution >= 4 is 28.9 Å². The monoisotopic (exact) mass is 360 g/mol. The highest BCUT2D eigenvalue weighted by molar-refractivity contribution is 6.30. The molecule has 0 saturated heterocycles. The van der Waals surface area contributed by atoms with Crippen LogP contribution >= 0.6 is 11.6 Å². The van der Waals surface area contributed by atoms with Gasteiger partial charge in [-0.1, -0.05) is 60.1 Å². The molecular weight excluding hydrogens is 344 g/mol. The van der Waals surface area contributed by atoms with Crippen LogP contribution in [0.1, 0.15) is 11.1 Å². The highest BCUT2D eigenvalue weighted by atomic mass is 35.5. The number of carbonyl (C=O) groups excluding carboxylic acids is 1. The number of aliphatic imine (C=N–C) groups is 1. The minimum Gasteiger partial charge on any atom is -0.313 e. The van der Waals surface area contributed by atoms with Gasteiger partial charge in [-0.3, -0.25) is 9.79 Å². The molecule has 0 aliphatic carbocycles. The highest BCUT2D eigenvalue weighted by Gasteiger charge is 2.23. The first-order valence-electron chi connectivity index (χ1n) is 8.40. The molecule has 0 bridgehead atoms. The van der Waals surface area contributed by atoms with Crippen molar-refractivity contribution in [1.82, 2.24) is 0 Å². The molecule has 0 saturated carbocycles. The molecule has 3 nitrogen and oxygen atoms in total. The number of nitrogens with zero attached hydrogens (tertiary/aromatic N) is 2. The molecule has 0 N–H and O–H groups in total. The summed E-state index contributed by atoms with van der Waals surface area (Å²) < 4.78 is 0. The first kappa shape index (κ1) is 16.6. The summed E-state index contributed by atoms with van der Waals surface area (Å²) >= 11 is 6.03. The molecule has 128 valence electrons. The quantitative estimate of drug-likeness (QED) is 0.644. The Morgan fingerprint density at radius 2 is 1.58 bits per heavy atom. The number of carbonyl (C=O) groups is 1. The summed E-state index contributed by atoms with van der Waals surface area (Å²) in [5, 5.41) is 0.675. The van der Waals surface area contributed by atoms with Gasteiger partial charge in [-0.05, 0) is 35.4 Å². The van der Waals surface area contributed by atoms with Gasteiger partial charge in [0.15, 0.2) is 0 Å². The zero-order chi connectivity index (χ0) is 18.1. The molecule has 3 aromatic carbocycles. The molecule has 26 heavy (non-hydrogen) atoms. The van der Waals surface area contributed by atoms with E-state index in [0.29, 0.717) is 5.02 Å². The molecule has 0 radical (unpaired) electrons. The van der Waals surface area contributed by atoms with Gasteiger partial charge in [0.25, 0.3) is 0 Å². The lowest BCUT2D eigenvalue weighted by Crippen LogP contribution is -2.27. The van der Waals surface area contributed by atoms with Gasteiger partial charge in [0, 0.05) is 23.2 Å². The molecule has 0 unspecified atom stereocenters. The van der Waals surface area contributed by atoms with E-state index >= 15 is 0 Å². The topological polar surface area (TPSA) is 32.7 Å². The first-order chi connectivity index (χ1) is 12.6. The summed E-state index contributed by atoms with van der Waals surface area (Å²) in [6.45, 7) is 0.129. The van der Waals surface area contributed by atoms with Crippen molar-refractivity contribution in [2.24, 2.45) is 4.99 Å². The number of amides is 1. The van der Waals surface area contributed by atoms with Crippen molar-refractivity contribution in [1.29, 1.82) is 0 Å². The van der Waals surface area contributed by atoms with Gasteiger partial charge < -0.3 is 4.90 Å². The van der Waals surface area contributed by atoms with Gasteiger partial charge >= 0.3 is 0 Å². The van der Waals surface area contributed by atoms with E-state index in [9.17, 15) is 4.79 Å². The number of benzodiazepines with no additional fused rings is 1. The minimum absolute atomic E-state index is 0.0253. The smallest absolute Gasteiger partial charge is 0.248 e. The maximum absolute atomic E-state index is 12.4. The normalized spacial score (nSPS) is 13.8. The summed E-state index contributed by atoms with van der Waals surface area (Å²) in [6.07, 6.45) is 0. The Morgan fingerprint density at radius 3 is 2.31 bits per heavy atom. The molecule has 0 fully saturated rings. The number of hydrogen-bond donors (Lipinski definition) is 0. The zero-order valence-corrected chi connectivity index (χ0v) is 15.1. The molecule has 1 aliphatic rings. The Morgan fingerprint density at radius 1 is 0.885 bits per heavy atom. The van der Waals surface area contributed by atoms with E-state index in [0.717, 1.165) is 33.7 Å². The number of halogens is 1. The Hall–Kier alpha value is -2.91. The second-order valence-corrected chi connectivity index (χ2v) is 6.66. The second-order valence-electron chi connectivity index (χ2n) is 6.22. The van der Waals surface area contributed by atoms with Gasteiger partial charge in [0.05, 0.1) is 11.4 Å². The minimum atomic E-state index is -0.0253. The Bertz CT molecular complexity index is 994. The molecule has 4 rings (SSSR count). The van der Waals surface area contributed by atoms with Crippen LogP contribution in [-0.2, 0) is 4.79 Å². The van der Waals surface area contributed by atoms with Crippen LogP contribution < -0.4 is 4.90 Å². The Kier molecular flexibility index (Phi) is 4.31. The van der Waals surface area contributed by atoms with E-state index < -0.39 is 0 Å². The van der Waals surface area contributed by atoms with Crippen LogP contribution in [0.4, 0.5) is 5.69 Å². The number of rotatable bonds is 2. The molecule has 1 heterocycles. The molecule has 0 aromatic heterocycles. The van der Waals surface area contributed by atoms with Crippen LogP contribution in [0.5, 0.6) is 0 Å². The van der Waals surface area contributed by atoms with E-state index in [1.165, 1.54) is 0 Å². The number of anilines is 1. The standard InChI is InChI=1S/C22H17ClN2O/c1-25-20-12-9-17(15-5-3-2-4-6-15)13-19(20)22(24-14-21(25)26)16-7-10-18(23)11-8-16/h2-13H,14H2,1H3. The van der Waals surface area contributed by atoms with Gasteiger partial charge in [-0.2, -0.15) is 0 Å². The SMILES string of the molecule is CN1C(=O)CN=C(c2ccc(Cl)cc2)c2cc(-c3ccccc3)ccc21. The summed E-state index contributed by atoms with van der Waals surface area (Å²) in [6, 6.07) is 23.9. The van der Waals surface area contributed by atoms with Gasteiger partial charge in [-0.25, -0.2) is 0 Å². The van der Waals surface area contributed by atoms with Crippen molar-refractivity contribution in [3.05, 3.63) is 88.9 Å². The van der Waals surface area contributed by atoms with E-state index in [1.807, 2.05) is 54.6 Å². The second kappa shape index (κ2) is 6.77. The average molecular weight is 361 g/mol. The third-order valence-corrected chi connectivity index (χ3v) is 4.84. The van der Waals surface area contributed by atoms with Crippen molar-refractivity contribution < 1.29 is 4.79 Å². The van der Waals surface area contributed by atoms with Crippen LogP contribution in [0, 0.1) is 0 Å². The molecule has 0 atom stereocenters. The van der Waals surface area contributed by atoms with Crippen LogP contribution in [0.25, 0.3) is 11.1 Å². The summed E-state index contributed by atoms with van der Waals surface area (Å²) in [4.78, 5) is 18.7. The summed E-state index contributed by atoms with van der Waals surface area (Å²) in [5.74, 6) is -0.0253. The highest BCUT2D eigenvalue weighted by Crippen LogP contribution is 2.31. The van der Waals surface area contributed by atoms with Crippen LogP contribution in [0.3, 0.4) is 0 Å². The zero-order valence-electron chi connectivity index (χ0n) is 14.3. The third-order valence-electron chi connectivity index (χ3n) is 4.58. The lowest BCUT2D eigenvalue weighted by molar-refractivity contribution is -0.116. The fraction of sp³-hybridized carbons (Fsp3) is 0.0909. The van der Waals surface area contributed by atoms with Crippen LogP contribution in [0.2, 0.25) is 5.02 Å². The van der Waals surface area contributed by atoms with Gasteiger partial charge in [0.2, 0.25) is 5.91 Å². The van der Waals surface area contributed by atoms with Crippen molar-refractivity contribution in [3.8, 4) is 11.1 Å². The Balaban J connectivity index is 1.91. The summed E-state index contributed by atoms with van der Waals surface area (Å²) in [7, 11) is 1.80.